The molecule has 0 rings (SSSR count). The fourth-order valence-corrected chi connectivity index (χ4v) is 0.950. The van der Waals surface area contributed by atoms with Crippen LogP contribution in [0.15, 0.2) is 0 Å². The van der Waals surface area contributed by atoms with Crippen LogP contribution in [0.1, 0.15) is 32.6 Å². The summed E-state index contributed by atoms with van der Waals surface area (Å²) >= 11 is 0. The molecule has 0 amide bonds. The van der Waals surface area contributed by atoms with Crippen molar-refractivity contribution < 1.29 is 21.3 Å². The predicted molar refractivity (Wildman–Crippen MR) is 47.1 cm³/mol. The van der Waals surface area contributed by atoms with E-state index in [0.29, 0.717) is 10.9 Å². The molecule has 0 spiro atoms. The van der Waals surface area contributed by atoms with Crippen molar-refractivity contribution in [3.63, 3.8) is 0 Å². The molecule has 0 aliphatic heterocycles. The van der Waals surface area contributed by atoms with E-state index in [1.165, 1.54) is 6.42 Å². The molecule has 0 aromatic rings. The van der Waals surface area contributed by atoms with Gasteiger partial charge in [0.25, 0.3) is 0 Å². The summed E-state index contributed by atoms with van der Waals surface area (Å²) in [5.74, 6) is 0. The quantitative estimate of drug-likeness (QED) is 0.319. The summed E-state index contributed by atoms with van der Waals surface area (Å²) in [5.41, 5.74) is 0. The first-order valence-corrected chi connectivity index (χ1v) is 4.43. The molecule has 0 aromatic heterocycles. The normalized spacial score (nSPS) is 13.8. The maximum Gasteiger partial charge on any atom is 0.231 e. The van der Waals surface area contributed by atoms with Gasteiger partial charge in [0.2, 0.25) is 6.30 Å². The molecule has 0 N–H and O–H groups in total. The standard InChI is InChI=1S/C9H21FN.ClH/c1-5-6-7-8-9(10)11(2,3)4;/h9H,5-8H2,1-4H3;1H/q+1;/p-1. The molecule has 0 aliphatic rings. The van der Waals surface area contributed by atoms with Crippen LogP contribution in [-0.2, 0) is 0 Å². The van der Waals surface area contributed by atoms with Gasteiger partial charge in [-0.15, -0.1) is 0 Å². The van der Waals surface area contributed by atoms with E-state index in [2.05, 4.69) is 6.92 Å². The van der Waals surface area contributed by atoms with Gasteiger partial charge in [0, 0.05) is 6.42 Å². The third kappa shape index (κ3) is 6.86. The zero-order chi connectivity index (χ0) is 8.91. The Labute approximate surface area is 81.9 Å². The minimum atomic E-state index is -0.693. The van der Waals surface area contributed by atoms with Crippen LogP contribution in [0, 0.1) is 0 Å². The number of unbranched alkanes of at least 4 members (excludes halogenated alkanes) is 2. The van der Waals surface area contributed by atoms with Crippen LogP contribution < -0.4 is 12.4 Å². The maximum absolute atomic E-state index is 13.2. The molecule has 3 heteroatoms. The maximum atomic E-state index is 13.2. The second-order valence-corrected chi connectivity index (χ2v) is 4.05. The first kappa shape index (κ1) is 14.7. The Morgan fingerprint density at radius 1 is 1.17 bits per heavy atom. The summed E-state index contributed by atoms with van der Waals surface area (Å²) in [5, 5.41) is 0. The van der Waals surface area contributed by atoms with Crippen molar-refractivity contribution in [1.82, 2.24) is 0 Å². The summed E-state index contributed by atoms with van der Waals surface area (Å²) in [6.45, 7) is 2.14. The van der Waals surface area contributed by atoms with Gasteiger partial charge in [-0.3, -0.25) is 0 Å². The predicted octanol–water partition coefficient (Wildman–Crippen LogP) is -0.427. The average molecular weight is 198 g/mol. The van der Waals surface area contributed by atoms with Gasteiger partial charge in [0.1, 0.15) is 0 Å². The van der Waals surface area contributed by atoms with Crippen molar-refractivity contribution in [2.45, 2.75) is 38.9 Å². The van der Waals surface area contributed by atoms with E-state index >= 15 is 0 Å². The Kier molecular flexibility index (Phi) is 8.17. The highest BCUT2D eigenvalue weighted by molar-refractivity contribution is 4.44. The second kappa shape index (κ2) is 6.67. The van der Waals surface area contributed by atoms with E-state index in [-0.39, 0.29) is 12.4 Å². The highest BCUT2D eigenvalue weighted by atomic mass is 35.5. The Hall–Kier alpha value is 0.180. The van der Waals surface area contributed by atoms with E-state index < -0.39 is 6.30 Å². The molecule has 0 saturated heterocycles. The molecule has 1 unspecified atom stereocenters. The first-order valence-electron chi connectivity index (χ1n) is 4.43. The number of nitrogens with zero attached hydrogens (tertiary/aromatic N) is 1. The van der Waals surface area contributed by atoms with Gasteiger partial charge in [-0.05, 0) is 6.42 Å². The van der Waals surface area contributed by atoms with Crippen LogP contribution in [0.3, 0.4) is 0 Å². The van der Waals surface area contributed by atoms with Crippen LogP contribution in [-0.4, -0.2) is 31.9 Å². The molecule has 76 valence electrons. The molecule has 0 fully saturated rings. The number of rotatable bonds is 5. The second-order valence-electron chi connectivity index (χ2n) is 4.05. The number of quaternary nitrogens is 1. The highest BCUT2D eigenvalue weighted by Crippen LogP contribution is 2.12. The third-order valence-electron chi connectivity index (χ3n) is 1.89. The van der Waals surface area contributed by atoms with E-state index in [4.69, 9.17) is 0 Å². The van der Waals surface area contributed by atoms with Gasteiger partial charge >= 0.3 is 0 Å². The summed E-state index contributed by atoms with van der Waals surface area (Å²) in [6.07, 6.45) is 3.36. The van der Waals surface area contributed by atoms with E-state index in [9.17, 15) is 4.39 Å². The number of hydrogen-bond donors (Lipinski definition) is 0. The molecule has 1 nitrogen and oxygen atoms in total. The zero-order valence-corrected chi connectivity index (χ0v) is 9.36. The van der Waals surface area contributed by atoms with Crippen LogP contribution in [0.25, 0.3) is 0 Å². The van der Waals surface area contributed by atoms with E-state index in [0.717, 1.165) is 12.8 Å². The van der Waals surface area contributed by atoms with Crippen LogP contribution in [0.2, 0.25) is 0 Å². The Morgan fingerprint density at radius 3 is 2.00 bits per heavy atom. The fourth-order valence-electron chi connectivity index (χ4n) is 0.950. The Morgan fingerprint density at radius 2 is 1.67 bits per heavy atom. The van der Waals surface area contributed by atoms with E-state index in [1.807, 2.05) is 21.1 Å². The molecule has 0 aromatic carbocycles. The van der Waals surface area contributed by atoms with Crippen molar-refractivity contribution in [1.29, 1.82) is 0 Å². The Balaban J connectivity index is 0. The lowest BCUT2D eigenvalue weighted by Gasteiger charge is -2.27. The summed E-state index contributed by atoms with van der Waals surface area (Å²) in [4.78, 5) is 0. The monoisotopic (exact) mass is 197 g/mol. The SMILES string of the molecule is CCCCCC(F)[N+](C)(C)C.[Cl-]. The van der Waals surface area contributed by atoms with E-state index in [1.54, 1.807) is 0 Å². The van der Waals surface area contributed by atoms with Crippen LogP contribution >= 0.6 is 0 Å². The van der Waals surface area contributed by atoms with Crippen molar-refractivity contribution in [3.05, 3.63) is 0 Å². The lowest BCUT2D eigenvalue weighted by Crippen LogP contribution is -3.00. The number of alkyl halides is 1. The topological polar surface area (TPSA) is 0 Å². The zero-order valence-electron chi connectivity index (χ0n) is 8.61. The van der Waals surface area contributed by atoms with Crippen molar-refractivity contribution in [2.24, 2.45) is 0 Å². The summed E-state index contributed by atoms with van der Waals surface area (Å²) in [7, 11) is 5.70. The summed E-state index contributed by atoms with van der Waals surface area (Å²) in [6, 6.07) is 0. The number of hydrogen-bond acceptors (Lipinski definition) is 0. The molecule has 0 aliphatic carbocycles. The average Bonchev–Trinajstić information content (AvgIpc) is 1.86. The van der Waals surface area contributed by atoms with Crippen LogP contribution in [0.5, 0.6) is 0 Å². The lowest BCUT2D eigenvalue weighted by molar-refractivity contribution is -0.911. The van der Waals surface area contributed by atoms with Gasteiger partial charge in [-0.1, -0.05) is 19.8 Å². The van der Waals surface area contributed by atoms with Gasteiger partial charge in [-0.25, -0.2) is 0 Å². The van der Waals surface area contributed by atoms with Crippen molar-refractivity contribution in [2.75, 3.05) is 21.1 Å². The molecule has 0 heterocycles. The minimum Gasteiger partial charge on any atom is -1.00 e. The first-order chi connectivity index (χ1) is 4.98. The van der Waals surface area contributed by atoms with Crippen molar-refractivity contribution in [3.8, 4) is 0 Å². The molecule has 1 atom stereocenters. The number of halogens is 2. The molecule has 0 bridgehead atoms. The summed E-state index contributed by atoms with van der Waals surface area (Å²) < 4.78 is 13.6. The molecular weight excluding hydrogens is 177 g/mol. The van der Waals surface area contributed by atoms with Gasteiger partial charge in [0.05, 0.1) is 21.1 Å². The third-order valence-corrected chi connectivity index (χ3v) is 1.89. The van der Waals surface area contributed by atoms with Gasteiger partial charge in [0.15, 0.2) is 0 Å². The van der Waals surface area contributed by atoms with Crippen molar-refractivity contribution >= 4 is 0 Å². The largest absolute Gasteiger partial charge is 1.00 e. The molecular formula is C9H21ClFN. The Bertz CT molecular complexity index is 101. The highest BCUT2D eigenvalue weighted by Gasteiger charge is 2.21. The molecule has 0 saturated carbocycles. The molecule has 12 heavy (non-hydrogen) atoms. The molecule has 0 radical (unpaired) electrons. The van der Waals surface area contributed by atoms with Gasteiger partial charge in [-0.2, -0.15) is 4.39 Å². The smallest absolute Gasteiger partial charge is 0.231 e. The van der Waals surface area contributed by atoms with Gasteiger partial charge < -0.3 is 16.9 Å². The minimum absolute atomic E-state index is 0. The fraction of sp³-hybridized carbons (Fsp3) is 1.00. The lowest BCUT2D eigenvalue weighted by atomic mass is 10.2. The van der Waals surface area contributed by atoms with Crippen LogP contribution in [0.4, 0.5) is 4.39 Å².